The maximum Gasteiger partial charge on any atom is 0.329 e. The first-order valence-electron chi connectivity index (χ1n) is 12.3. The van der Waals surface area contributed by atoms with Crippen molar-refractivity contribution in [1.82, 2.24) is 29.8 Å². The van der Waals surface area contributed by atoms with Crippen LogP contribution in [0.4, 0.5) is 0 Å². The van der Waals surface area contributed by atoms with Crippen LogP contribution in [0.15, 0.2) is 39.9 Å². The predicted octanol–water partition coefficient (Wildman–Crippen LogP) is 3.77. The van der Waals surface area contributed by atoms with E-state index in [9.17, 15) is 14.4 Å². The van der Waals surface area contributed by atoms with E-state index in [2.05, 4.69) is 34.1 Å². The number of carbonyl (C=O) groups is 1. The van der Waals surface area contributed by atoms with Gasteiger partial charge in [-0.25, -0.2) is 14.8 Å². The van der Waals surface area contributed by atoms with Crippen molar-refractivity contribution in [3.8, 4) is 0 Å². The number of H-pyrrole nitrogens is 2. The molecule has 1 aliphatic carbocycles. The molecule has 4 aromatic rings. The standard InChI is InChI=1S/C26H30N6O3/c1-4-11-32-23-21(25(34)31-26(32)35)16(13-19(29-23)15-9-10-15)24(33)30-20(12-14(2)3)22-27-17-7-5-6-8-18(17)28-22/h5-8,13-15,20H,4,9-12H2,1-3H3,(H,27,28)(H,30,33)(H,31,34,35). The summed E-state index contributed by atoms with van der Waals surface area (Å²) in [6, 6.07) is 9.08. The van der Waals surface area contributed by atoms with E-state index in [1.807, 2.05) is 31.2 Å². The molecule has 1 atom stereocenters. The lowest BCUT2D eigenvalue weighted by molar-refractivity contribution is 0.0931. The number of nitrogens with zero attached hydrogens (tertiary/aromatic N) is 3. The second-order valence-electron chi connectivity index (χ2n) is 9.77. The minimum absolute atomic E-state index is 0.146. The smallest absolute Gasteiger partial charge is 0.329 e. The van der Waals surface area contributed by atoms with Crippen molar-refractivity contribution in [3.05, 3.63) is 68.3 Å². The van der Waals surface area contributed by atoms with E-state index in [1.165, 1.54) is 4.57 Å². The maximum absolute atomic E-state index is 13.7. The van der Waals surface area contributed by atoms with Gasteiger partial charge in [0.2, 0.25) is 0 Å². The van der Waals surface area contributed by atoms with Gasteiger partial charge in [-0.15, -0.1) is 0 Å². The number of hydrogen-bond acceptors (Lipinski definition) is 5. The Kier molecular flexibility index (Phi) is 6.00. The summed E-state index contributed by atoms with van der Waals surface area (Å²) in [7, 11) is 0. The molecule has 0 spiro atoms. The molecule has 3 aromatic heterocycles. The van der Waals surface area contributed by atoms with Crippen molar-refractivity contribution in [2.45, 2.75) is 65.0 Å². The second kappa shape index (κ2) is 9.13. The third kappa shape index (κ3) is 4.50. The number of fused-ring (bicyclic) bond motifs is 2. The summed E-state index contributed by atoms with van der Waals surface area (Å²) < 4.78 is 1.46. The Balaban J connectivity index is 1.61. The molecule has 9 heteroatoms. The number of para-hydroxylation sites is 2. The summed E-state index contributed by atoms with van der Waals surface area (Å²) in [5, 5.41) is 3.26. The number of imidazole rings is 1. The number of aryl methyl sites for hydroxylation is 1. The molecular weight excluding hydrogens is 444 g/mol. The minimum Gasteiger partial charge on any atom is -0.342 e. The van der Waals surface area contributed by atoms with Gasteiger partial charge in [-0.05, 0) is 49.8 Å². The molecule has 1 fully saturated rings. The number of pyridine rings is 1. The molecule has 0 aliphatic heterocycles. The highest BCUT2D eigenvalue weighted by Crippen LogP contribution is 2.40. The Morgan fingerprint density at radius 3 is 2.63 bits per heavy atom. The van der Waals surface area contributed by atoms with E-state index in [4.69, 9.17) is 4.98 Å². The number of aromatic amines is 2. The fourth-order valence-electron chi connectivity index (χ4n) is 4.58. The van der Waals surface area contributed by atoms with Gasteiger partial charge in [0.25, 0.3) is 11.5 Å². The van der Waals surface area contributed by atoms with E-state index in [1.54, 1.807) is 6.07 Å². The average Bonchev–Trinajstić information content (AvgIpc) is 3.58. The lowest BCUT2D eigenvalue weighted by Gasteiger charge is -2.20. The van der Waals surface area contributed by atoms with Gasteiger partial charge in [0.1, 0.15) is 5.82 Å². The maximum atomic E-state index is 13.7. The number of aromatic nitrogens is 5. The third-order valence-corrected chi connectivity index (χ3v) is 6.41. The summed E-state index contributed by atoms with van der Waals surface area (Å²) in [6.07, 6.45) is 3.33. The van der Waals surface area contributed by atoms with Gasteiger partial charge < -0.3 is 10.3 Å². The highest BCUT2D eigenvalue weighted by Gasteiger charge is 2.30. The van der Waals surface area contributed by atoms with Crippen LogP contribution < -0.4 is 16.6 Å². The number of rotatable bonds is 8. The van der Waals surface area contributed by atoms with Gasteiger partial charge in [-0.3, -0.25) is 19.1 Å². The molecule has 35 heavy (non-hydrogen) atoms. The van der Waals surface area contributed by atoms with E-state index >= 15 is 0 Å². The molecule has 9 nitrogen and oxygen atoms in total. The molecule has 5 rings (SSSR count). The van der Waals surface area contributed by atoms with Crippen molar-refractivity contribution < 1.29 is 4.79 Å². The summed E-state index contributed by atoms with van der Waals surface area (Å²) >= 11 is 0. The van der Waals surface area contributed by atoms with Gasteiger partial charge in [0, 0.05) is 18.2 Å². The molecule has 182 valence electrons. The van der Waals surface area contributed by atoms with Crippen LogP contribution in [-0.4, -0.2) is 30.4 Å². The first-order valence-corrected chi connectivity index (χ1v) is 12.3. The van der Waals surface area contributed by atoms with Crippen LogP contribution >= 0.6 is 0 Å². The van der Waals surface area contributed by atoms with Crippen LogP contribution in [-0.2, 0) is 6.54 Å². The Hall–Kier alpha value is -3.75. The predicted molar refractivity (Wildman–Crippen MR) is 135 cm³/mol. The average molecular weight is 475 g/mol. The van der Waals surface area contributed by atoms with Gasteiger partial charge in [0.15, 0.2) is 5.65 Å². The Bertz CT molecular complexity index is 1490. The summed E-state index contributed by atoms with van der Waals surface area (Å²) in [5.41, 5.74) is 1.90. The lowest BCUT2D eigenvalue weighted by atomic mass is 10.0. The summed E-state index contributed by atoms with van der Waals surface area (Å²) in [6.45, 7) is 6.53. The molecule has 0 radical (unpaired) electrons. The zero-order chi connectivity index (χ0) is 24.7. The quantitative estimate of drug-likeness (QED) is 0.358. The van der Waals surface area contributed by atoms with Gasteiger partial charge in [-0.1, -0.05) is 32.9 Å². The van der Waals surface area contributed by atoms with Crippen LogP contribution in [0.3, 0.4) is 0 Å². The number of hydrogen-bond donors (Lipinski definition) is 3. The largest absolute Gasteiger partial charge is 0.342 e. The molecule has 1 aliphatic rings. The Labute approximate surface area is 202 Å². The van der Waals surface area contributed by atoms with Crippen LogP contribution in [0.5, 0.6) is 0 Å². The van der Waals surface area contributed by atoms with E-state index in [0.29, 0.717) is 31.1 Å². The normalized spacial score (nSPS) is 14.6. The van der Waals surface area contributed by atoms with E-state index in [-0.39, 0.29) is 34.5 Å². The monoisotopic (exact) mass is 474 g/mol. The molecule has 1 saturated carbocycles. The first-order chi connectivity index (χ1) is 16.9. The Morgan fingerprint density at radius 1 is 1.17 bits per heavy atom. The van der Waals surface area contributed by atoms with Crippen LogP contribution in [0.1, 0.15) is 80.3 Å². The van der Waals surface area contributed by atoms with Crippen molar-refractivity contribution in [2.24, 2.45) is 5.92 Å². The molecule has 1 amide bonds. The number of nitrogens with one attached hydrogen (secondary N) is 3. The lowest BCUT2D eigenvalue weighted by Crippen LogP contribution is -2.35. The van der Waals surface area contributed by atoms with Crippen molar-refractivity contribution in [1.29, 1.82) is 0 Å². The Morgan fingerprint density at radius 2 is 1.94 bits per heavy atom. The van der Waals surface area contributed by atoms with Crippen molar-refractivity contribution in [2.75, 3.05) is 0 Å². The van der Waals surface area contributed by atoms with Crippen LogP contribution in [0.25, 0.3) is 22.1 Å². The number of carbonyl (C=O) groups excluding carboxylic acids is 1. The summed E-state index contributed by atoms with van der Waals surface area (Å²) in [4.78, 5) is 54.3. The molecular formula is C26H30N6O3. The van der Waals surface area contributed by atoms with Gasteiger partial charge >= 0.3 is 5.69 Å². The highest BCUT2D eigenvalue weighted by molar-refractivity contribution is 6.05. The molecule has 3 N–H and O–H groups in total. The van der Waals surface area contributed by atoms with E-state index in [0.717, 1.165) is 29.6 Å². The zero-order valence-electron chi connectivity index (χ0n) is 20.2. The molecule has 3 heterocycles. The van der Waals surface area contributed by atoms with Crippen molar-refractivity contribution >= 4 is 28.0 Å². The minimum atomic E-state index is -0.596. The van der Waals surface area contributed by atoms with Crippen LogP contribution in [0, 0.1) is 5.92 Å². The summed E-state index contributed by atoms with van der Waals surface area (Å²) in [5.74, 6) is 0.837. The van der Waals surface area contributed by atoms with Gasteiger partial charge in [0.05, 0.1) is 28.0 Å². The SMILES string of the molecule is CCCn1c(=O)[nH]c(=O)c2c(C(=O)NC(CC(C)C)c3nc4ccccc4[nH]3)cc(C3CC3)nc21. The molecule has 0 saturated heterocycles. The first kappa shape index (κ1) is 23.0. The van der Waals surface area contributed by atoms with Crippen LogP contribution in [0.2, 0.25) is 0 Å². The van der Waals surface area contributed by atoms with Crippen molar-refractivity contribution in [3.63, 3.8) is 0 Å². The topological polar surface area (TPSA) is 126 Å². The zero-order valence-corrected chi connectivity index (χ0v) is 20.2. The second-order valence-corrected chi connectivity index (χ2v) is 9.77. The highest BCUT2D eigenvalue weighted by atomic mass is 16.2. The molecule has 1 unspecified atom stereocenters. The van der Waals surface area contributed by atoms with Gasteiger partial charge in [-0.2, -0.15) is 0 Å². The molecule has 0 bridgehead atoms. The fourth-order valence-corrected chi connectivity index (χ4v) is 4.58. The number of amides is 1. The third-order valence-electron chi connectivity index (χ3n) is 6.41. The number of benzene rings is 1. The van der Waals surface area contributed by atoms with E-state index < -0.39 is 11.2 Å². The fraction of sp³-hybridized carbons (Fsp3) is 0.423. The molecule has 1 aromatic carbocycles.